The Morgan fingerprint density at radius 1 is 1.06 bits per heavy atom. The van der Waals surface area contributed by atoms with Crippen molar-refractivity contribution in [2.45, 2.75) is 56.5 Å². The van der Waals surface area contributed by atoms with Gasteiger partial charge in [0.15, 0.2) is 5.03 Å². The third kappa shape index (κ3) is 4.08. The summed E-state index contributed by atoms with van der Waals surface area (Å²) >= 11 is 0. The first-order chi connectivity index (χ1) is 14.5. The molecule has 1 aromatic carbocycles. The molecule has 8 nitrogen and oxygen atoms in total. The van der Waals surface area contributed by atoms with E-state index in [-0.39, 0.29) is 11.1 Å². The van der Waals surface area contributed by atoms with Crippen LogP contribution in [0.3, 0.4) is 0 Å². The molecule has 1 aromatic heterocycles. The van der Waals surface area contributed by atoms with Gasteiger partial charge in [-0.2, -0.15) is 13.5 Å². The number of fused-ring (bicyclic) bond motifs is 2. The Balaban J connectivity index is 1.57. The lowest BCUT2D eigenvalue weighted by molar-refractivity contribution is -0.900. The molecule has 0 radical (unpaired) electrons. The molecule has 31 heavy (non-hydrogen) atoms. The Bertz CT molecular complexity index is 1110. The van der Waals surface area contributed by atoms with Gasteiger partial charge in [-0.15, -0.1) is 0 Å². The smallest absolute Gasteiger partial charge is 0.324 e. The van der Waals surface area contributed by atoms with Gasteiger partial charge < -0.3 is 9.80 Å². The molecule has 0 saturated heterocycles. The maximum absolute atomic E-state index is 12.9. The lowest BCUT2D eigenvalue weighted by Gasteiger charge is -2.31. The zero-order valence-corrected chi connectivity index (χ0v) is 19.8. The number of aryl methyl sites for hydroxylation is 3. The molecule has 2 N–H and O–H groups in total. The maximum atomic E-state index is 12.9. The van der Waals surface area contributed by atoms with Crippen LogP contribution in [0.25, 0.3) is 0 Å². The molecule has 1 atom stereocenters. The standard InChI is InChI=1S/C22H31N5O3S/c1-14(27(3,4)5)19-13-20(24-26(19)2)31(29,30)25-22(28)23-21-17-10-6-8-15(17)12-16-9-7-11-18(16)21/h12-14H,6-11H2,1-5H3,(H-,23,25,28)/p+1. The van der Waals surface area contributed by atoms with Crippen LogP contribution >= 0.6 is 0 Å². The molecule has 2 amide bonds. The molecular formula is C22H32N5O3S+. The highest BCUT2D eigenvalue weighted by molar-refractivity contribution is 7.90. The minimum atomic E-state index is -4.09. The molecule has 0 fully saturated rings. The van der Waals surface area contributed by atoms with Crippen LogP contribution in [0.1, 0.15) is 53.8 Å². The van der Waals surface area contributed by atoms with Gasteiger partial charge in [-0.3, -0.25) is 4.68 Å². The number of carbonyl (C=O) groups is 1. The summed E-state index contributed by atoms with van der Waals surface area (Å²) in [5.74, 6) is 0. The van der Waals surface area contributed by atoms with Crippen LogP contribution in [0.15, 0.2) is 17.2 Å². The number of hydrogen-bond donors (Lipinski definition) is 2. The molecule has 0 bridgehead atoms. The highest BCUT2D eigenvalue weighted by Crippen LogP contribution is 2.38. The molecule has 0 spiro atoms. The summed E-state index contributed by atoms with van der Waals surface area (Å²) in [5, 5.41) is 6.89. The second-order valence-corrected chi connectivity index (χ2v) is 11.2. The number of nitrogens with one attached hydrogen (secondary N) is 2. The Morgan fingerprint density at radius 3 is 2.19 bits per heavy atom. The van der Waals surface area contributed by atoms with E-state index in [2.05, 4.69) is 21.2 Å². The average Bonchev–Trinajstić information content (AvgIpc) is 3.38. The van der Waals surface area contributed by atoms with E-state index in [0.717, 1.165) is 61.0 Å². The van der Waals surface area contributed by atoms with Gasteiger partial charge in [-0.1, -0.05) is 6.07 Å². The van der Waals surface area contributed by atoms with Gasteiger partial charge in [0.2, 0.25) is 0 Å². The molecule has 2 aliphatic rings. The Labute approximate surface area is 184 Å². The zero-order chi connectivity index (χ0) is 22.6. The van der Waals surface area contributed by atoms with Crippen molar-refractivity contribution in [2.75, 3.05) is 26.5 Å². The van der Waals surface area contributed by atoms with Crippen LogP contribution in [0.4, 0.5) is 10.5 Å². The lowest BCUT2D eigenvalue weighted by Crippen LogP contribution is -2.38. The molecule has 9 heteroatoms. The molecule has 0 aliphatic heterocycles. The number of rotatable bonds is 5. The largest absolute Gasteiger partial charge is 0.333 e. The van der Waals surface area contributed by atoms with Crippen LogP contribution in [0.2, 0.25) is 0 Å². The molecule has 2 aromatic rings. The molecular weight excluding hydrogens is 414 g/mol. The van der Waals surface area contributed by atoms with E-state index < -0.39 is 16.1 Å². The summed E-state index contributed by atoms with van der Waals surface area (Å²) in [7, 11) is 3.74. The number of nitrogens with zero attached hydrogens (tertiary/aromatic N) is 3. The first-order valence-corrected chi connectivity index (χ1v) is 12.3. The lowest BCUT2D eigenvalue weighted by atomic mass is 9.99. The predicted molar refractivity (Wildman–Crippen MR) is 119 cm³/mol. The monoisotopic (exact) mass is 446 g/mol. The number of anilines is 1. The highest BCUT2D eigenvalue weighted by atomic mass is 32.2. The molecule has 1 unspecified atom stereocenters. The van der Waals surface area contributed by atoms with E-state index in [4.69, 9.17) is 0 Å². The van der Waals surface area contributed by atoms with E-state index in [0.29, 0.717) is 4.48 Å². The Kier molecular flexibility index (Phi) is 5.37. The van der Waals surface area contributed by atoms with E-state index in [1.165, 1.54) is 11.1 Å². The van der Waals surface area contributed by atoms with Crippen LogP contribution in [0.5, 0.6) is 0 Å². The van der Waals surface area contributed by atoms with Crippen LogP contribution in [-0.2, 0) is 42.8 Å². The van der Waals surface area contributed by atoms with Crippen molar-refractivity contribution >= 4 is 21.7 Å². The van der Waals surface area contributed by atoms with E-state index in [1.54, 1.807) is 17.8 Å². The molecule has 4 rings (SSSR count). The van der Waals surface area contributed by atoms with Crippen LogP contribution in [0, 0.1) is 0 Å². The second kappa shape index (κ2) is 7.63. The molecule has 1 heterocycles. The SMILES string of the molecule is CC(c1cc(S(=O)(=O)NC(=O)Nc2c3c(cc4c2CCC4)CCC3)nn1C)[N+](C)(C)C. The number of benzene rings is 1. The first-order valence-electron chi connectivity index (χ1n) is 10.8. The van der Waals surface area contributed by atoms with Crippen molar-refractivity contribution in [2.24, 2.45) is 7.05 Å². The number of aromatic nitrogens is 2. The van der Waals surface area contributed by atoms with E-state index in [1.807, 2.05) is 28.1 Å². The number of amides is 2. The molecule has 0 saturated carbocycles. The van der Waals surface area contributed by atoms with Gasteiger partial charge in [0.25, 0.3) is 10.0 Å². The first kappa shape index (κ1) is 21.8. The number of sulfonamides is 1. The number of quaternary nitrogens is 1. The van der Waals surface area contributed by atoms with E-state index >= 15 is 0 Å². The van der Waals surface area contributed by atoms with Crippen molar-refractivity contribution < 1.29 is 17.7 Å². The third-order valence-electron chi connectivity index (χ3n) is 6.70. The minimum absolute atomic E-state index is 0.0322. The van der Waals surface area contributed by atoms with Gasteiger partial charge >= 0.3 is 6.03 Å². The predicted octanol–water partition coefficient (Wildman–Crippen LogP) is 2.68. The van der Waals surface area contributed by atoms with Crippen molar-refractivity contribution in [3.8, 4) is 0 Å². The van der Waals surface area contributed by atoms with Crippen LogP contribution in [-0.4, -0.2) is 49.9 Å². The highest BCUT2D eigenvalue weighted by Gasteiger charge is 2.30. The summed E-state index contributed by atoms with van der Waals surface area (Å²) in [6.45, 7) is 2.02. The minimum Gasteiger partial charge on any atom is -0.324 e. The number of urea groups is 1. The van der Waals surface area contributed by atoms with Gasteiger partial charge in [-0.05, 0) is 67.7 Å². The third-order valence-corrected chi connectivity index (χ3v) is 7.90. The van der Waals surface area contributed by atoms with E-state index in [9.17, 15) is 13.2 Å². The van der Waals surface area contributed by atoms with Crippen molar-refractivity contribution in [3.63, 3.8) is 0 Å². The van der Waals surface area contributed by atoms with Crippen molar-refractivity contribution in [1.82, 2.24) is 14.5 Å². The second-order valence-electron chi connectivity index (χ2n) is 9.62. The van der Waals surface area contributed by atoms with Crippen molar-refractivity contribution in [1.29, 1.82) is 0 Å². The summed E-state index contributed by atoms with van der Waals surface area (Å²) in [5.41, 5.74) is 6.47. The van der Waals surface area contributed by atoms with Crippen LogP contribution < -0.4 is 10.0 Å². The van der Waals surface area contributed by atoms with Gasteiger partial charge in [-0.25, -0.2) is 9.52 Å². The normalized spacial score (nSPS) is 16.7. The maximum Gasteiger partial charge on any atom is 0.333 e. The average molecular weight is 447 g/mol. The topological polar surface area (TPSA) is 93.1 Å². The number of carbonyl (C=O) groups excluding carboxylic acids is 1. The van der Waals surface area contributed by atoms with Crippen molar-refractivity contribution in [3.05, 3.63) is 40.1 Å². The van der Waals surface area contributed by atoms with Gasteiger partial charge in [0.05, 0.1) is 26.8 Å². The summed E-state index contributed by atoms with van der Waals surface area (Å²) in [6, 6.07) is 3.11. The fraction of sp³-hybridized carbons (Fsp3) is 0.545. The van der Waals surface area contributed by atoms with Gasteiger partial charge in [0.1, 0.15) is 6.04 Å². The fourth-order valence-electron chi connectivity index (χ4n) is 4.65. The number of hydrogen-bond acceptors (Lipinski definition) is 4. The summed E-state index contributed by atoms with van der Waals surface area (Å²) < 4.78 is 30.1. The zero-order valence-electron chi connectivity index (χ0n) is 18.9. The van der Waals surface area contributed by atoms with Gasteiger partial charge in [0, 0.05) is 18.8 Å². The molecule has 2 aliphatic carbocycles. The molecule has 168 valence electrons. The summed E-state index contributed by atoms with van der Waals surface area (Å²) in [6.07, 6.45) is 5.98. The quantitative estimate of drug-likeness (QED) is 0.691. The summed E-state index contributed by atoms with van der Waals surface area (Å²) in [4.78, 5) is 12.7. The Morgan fingerprint density at radius 2 is 1.65 bits per heavy atom. The Hall–Kier alpha value is -2.39. The fourth-order valence-corrected chi connectivity index (χ4v) is 5.56.